The van der Waals surface area contributed by atoms with Crippen molar-refractivity contribution in [2.75, 3.05) is 0 Å². The van der Waals surface area contributed by atoms with Crippen LogP contribution in [-0.2, 0) is 0 Å². The first-order valence-electron chi connectivity index (χ1n) is 26.2. The first kappa shape index (κ1) is 45.3. The molecule has 0 aromatic heterocycles. The van der Waals surface area contributed by atoms with Gasteiger partial charge in [0.2, 0.25) is 0 Å². The smallest absolute Gasteiger partial charge is 0.00201 e. The van der Waals surface area contributed by atoms with Crippen molar-refractivity contribution in [1.82, 2.24) is 0 Å². The molecule has 350 valence electrons. The monoisotopic (exact) mass is 926 g/mol. The molecule has 0 unspecified atom stereocenters. The second-order valence-electron chi connectivity index (χ2n) is 21.6. The SMILES string of the molecule is CC(C)c1ccc(-c2cc(-c3ccc(C(C)C)cc3)cc(-c3cc(-c4ccc5ccc6c(-c7c8ccccc8c(-c8ccc(C(C)C)cc8)c8ccccc78)ccc7ccc4c5c76)cc(C(C)C)c3)c2)cc1. The number of hydrogen-bond donors (Lipinski definition) is 0. The van der Waals surface area contributed by atoms with Crippen molar-refractivity contribution in [3.05, 3.63) is 229 Å². The van der Waals surface area contributed by atoms with E-state index in [2.05, 4.69) is 262 Å². The van der Waals surface area contributed by atoms with E-state index in [4.69, 9.17) is 0 Å². The molecule has 0 aliphatic heterocycles. The Hall–Kier alpha value is -7.80. The van der Waals surface area contributed by atoms with E-state index < -0.39 is 0 Å². The number of hydrogen-bond acceptors (Lipinski definition) is 0. The number of rotatable bonds is 10. The Kier molecular flexibility index (Phi) is 11.4. The van der Waals surface area contributed by atoms with Crippen LogP contribution < -0.4 is 0 Å². The van der Waals surface area contributed by atoms with Crippen LogP contribution in [-0.4, -0.2) is 0 Å². The van der Waals surface area contributed by atoms with Gasteiger partial charge in [0.25, 0.3) is 0 Å². The highest BCUT2D eigenvalue weighted by Crippen LogP contribution is 2.49. The maximum Gasteiger partial charge on any atom is -0.00201 e. The fourth-order valence-electron chi connectivity index (χ4n) is 11.6. The molecular formula is C72H62. The zero-order valence-electron chi connectivity index (χ0n) is 42.9. The molecule has 0 amide bonds. The highest BCUT2D eigenvalue weighted by atomic mass is 14.2. The van der Waals surface area contributed by atoms with E-state index >= 15 is 0 Å². The summed E-state index contributed by atoms with van der Waals surface area (Å²) in [6, 6.07) is 79.3. The second kappa shape index (κ2) is 18.1. The van der Waals surface area contributed by atoms with Gasteiger partial charge in [-0.15, -0.1) is 0 Å². The summed E-state index contributed by atoms with van der Waals surface area (Å²) in [6.07, 6.45) is 0. The Morgan fingerprint density at radius 1 is 0.222 bits per heavy atom. The molecule has 12 aromatic rings. The molecule has 0 heteroatoms. The summed E-state index contributed by atoms with van der Waals surface area (Å²) in [6.45, 7) is 18.3. The van der Waals surface area contributed by atoms with Gasteiger partial charge in [-0.3, -0.25) is 0 Å². The largest absolute Gasteiger partial charge is 0.0616 e. The molecule has 0 aliphatic carbocycles. The average Bonchev–Trinajstić information content (AvgIpc) is 3.41. The summed E-state index contributed by atoms with van der Waals surface area (Å²) in [5.41, 5.74) is 20.5. The topological polar surface area (TPSA) is 0 Å². The summed E-state index contributed by atoms with van der Waals surface area (Å²) in [4.78, 5) is 0. The zero-order chi connectivity index (χ0) is 49.4. The van der Waals surface area contributed by atoms with Crippen molar-refractivity contribution in [1.29, 1.82) is 0 Å². The van der Waals surface area contributed by atoms with Gasteiger partial charge in [-0.25, -0.2) is 0 Å². The molecule has 0 radical (unpaired) electrons. The zero-order valence-corrected chi connectivity index (χ0v) is 42.9. The van der Waals surface area contributed by atoms with Crippen molar-refractivity contribution in [3.63, 3.8) is 0 Å². The minimum absolute atomic E-state index is 0.344. The van der Waals surface area contributed by atoms with Gasteiger partial charge in [-0.05, 0) is 191 Å². The fourth-order valence-corrected chi connectivity index (χ4v) is 11.6. The Bertz CT molecular complexity index is 3860. The van der Waals surface area contributed by atoms with Crippen LogP contribution in [0.25, 0.3) is 121 Å². The Balaban J connectivity index is 1.05. The third-order valence-electron chi connectivity index (χ3n) is 15.8. The number of benzene rings is 12. The van der Waals surface area contributed by atoms with E-state index in [1.807, 2.05) is 0 Å². The molecule has 72 heavy (non-hydrogen) atoms. The van der Waals surface area contributed by atoms with E-state index in [9.17, 15) is 0 Å². The summed E-state index contributed by atoms with van der Waals surface area (Å²) in [7, 11) is 0. The molecule has 0 spiro atoms. The van der Waals surface area contributed by atoms with Crippen LogP contribution in [0.3, 0.4) is 0 Å². The third-order valence-corrected chi connectivity index (χ3v) is 15.8. The van der Waals surface area contributed by atoms with Crippen molar-refractivity contribution in [2.24, 2.45) is 0 Å². The molecule has 0 bridgehead atoms. The maximum absolute atomic E-state index is 2.45. The summed E-state index contributed by atoms with van der Waals surface area (Å²) >= 11 is 0. The van der Waals surface area contributed by atoms with Gasteiger partial charge >= 0.3 is 0 Å². The molecule has 0 heterocycles. The van der Waals surface area contributed by atoms with Crippen molar-refractivity contribution < 1.29 is 0 Å². The highest BCUT2D eigenvalue weighted by Gasteiger charge is 2.22. The lowest BCUT2D eigenvalue weighted by atomic mass is 9.82. The lowest BCUT2D eigenvalue weighted by Crippen LogP contribution is -1.95. The van der Waals surface area contributed by atoms with E-state index in [0.29, 0.717) is 23.7 Å². The predicted molar refractivity (Wildman–Crippen MR) is 314 cm³/mol. The Morgan fingerprint density at radius 2 is 0.556 bits per heavy atom. The normalized spacial score (nSPS) is 12.1. The molecular weight excluding hydrogens is 865 g/mol. The van der Waals surface area contributed by atoms with Crippen molar-refractivity contribution >= 4 is 53.9 Å². The highest BCUT2D eigenvalue weighted by molar-refractivity contribution is 6.30. The molecule has 0 atom stereocenters. The van der Waals surface area contributed by atoms with Crippen LogP contribution in [0.4, 0.5) is 0 Å². The van der Waals surface area contributed by atoms with Crippen molar-refractivity contribution in [2.45, 2.75) is 79.1 Å². The van der Waals surface area contributed by atoms with Crippen LogP contribution in [0.5, 0.6) is 0 Å². The first-order chi connectivity index (χ1) is 35.0. The molecule has 0 fully saturated rings. The van der Waals surface area contributed by atoms with E-state index in [1.54, 1.807) is 0 Å². The van der Waals surface area contributed by atoms with Gasteiger partial charge in [0.05, 0.1) is 0 Å². The quantitative estimate of drug-likeness (QED) is 0.0947. The average molecular weight is 927 g/mol. The van der Waals surface area contributed by atoms with Gasteiger partial charge < -0.3 is 0 Å². The standard InChI is InChI=1S/C72H62/c1-43(2)47-17-23-50(24-18-47)56-39-57(51-25-19-48(20-26-51)44(3)4)41-59(40-56)58-37-55(46(7)8)38-60(42-58)61-33-29-53-31-35-67-68(36-32-54-30-34-66(61)70(53)71(54)67)72-64-15-11-9-13-62(64)69(63-14-10-12-16-65(63)72)52-27-21-49(22-28-52)45(5)6/h9-46H,1-8H3. The number of fused-ring (bicyclic) bond motifs is 2. The first-order valence-corrected chi connectivity index (χ1v) is 26.2. The Labute approximate surface area is 426 Å². The third kappa shape index (κ3) is 7.86. The van der Waals surface area contributed by atoms with Crippen LogP contribution in [0.15, 0.2) is 206 Å². The molecule has 0 N–H and O–H groups in total. The van der Waals surface area contributed by atoms with Crippen molar-refractivity contribution in [3.8, 4) is 66.8 Å². The van der Waals surface area contributed by atoms with Crippen LogP contribution >= 0.6 is 0 Å². The minimum atomic E-state index is 0.344. The van der Waals surface area contributed by atoms with Gasteiger partial charge in [-0.1, -0.05) is 237 Å². The van der Waals surface area contributed by atoms with E-state index in [0.717, 1.165) is 0 Å². The second-order valence-corrected chi connectivity index (χ2v) is 21.6. The van der Waals surface area contributed by atoms with Crippen LogP contribution in [0.2, 0.25) is 0 Å². The van der Waals surface area contributed by atoms with E-state index in [-0.39, 0.29) is 0 Å². The predicted octanol–water partition coefficient (Wildman–Crippen LogP) is 21.4. The summed E-state index contributed by atoms with van der Waals surface area (Å²) < 4.78 is 0. The molecule has 0 saturated heterocycles. The Morgan fingerprint density at radius 3 is 1.00 bits per heavy atom. The van der Waals surface area contributed by atoms with Crippen LogP contribution in [0, 0.1) is 0 Å². The molecule has 0 saturated carbocycles. The van der Waals surface area contributed by atoms with Gasteiger partial charge in [-0.2, -0.15) is 0 Å². The van der Waals surface area contributed by atoms with Gasteiger partial charge in [0.15, 0.2) is 0 Å². The van der Waals surface area contributed by atoms with E-state index in [1.165, 1.54) is 143 Å². The summed E-state index contributed by atoms with van der Waals surface area (Å²) in [5.74, 6) is 1.79. The minimum Gasteiger partial charge on any atom is -0.0616 e. The maximum atomic E-state index is 2.45. The molecule has 0 aliphatic rings. The molecule has 12 aromatic carbocycles. The lowest BCUT2D eigenvalue weighted by molar-refractivity contribution is 0.867. The van der Waals surface area contributed by atoms with Gasteiger partial charge in [0, 0.05) is 0 Å². The lowest BCUT2D eigenvalue weighted by Gasteiger charge is -2.21. The van der Waals surface area contributed by atoms with Gasteiger partial charge in [0.1, 0.15) is 0 Å². The fraction of sp³-hybridized carbons (Fsp3) is 0.167. The molecule has 0 nitrogen and oxygen atoms in total. The summed E-state index contributed by atoms with van der Waals surface area (Å²) in [5, 5.41) is 12.9. The van der Waals surface area contributed by atoms with Crippen LogP contribution in [0.1, 0.15) is 101 Å². The molecule has 12 rings (SSSR count).